The summed E-state index contributed by atoms with van der Waals surface area (Å²) in [5, 5.41) is 2.32. The van der Waals surface area contributed by atoms with E-state index in [-0.39, 0.29) is 0 Å². The number of fused-ring (bicyclic) bond motifs is 4. The standard InChI is InChI=1S/C24H18N2O/c1-15-7-12-18-20(13-15)19(16-8-10-17(27-2)11-9-16)14-23-24(18)26-22-6-4-3-5-21(22)25-23/h3-14H,1-2H3. The van der Waals surface area contributed by atoms with Crippen molar-refractivity contribution in [1.29, 1.82) is 0 Å². The zero-order valence-electron chi connectivity index (χ0n) is 15.2. The number of aryl methyl sites for hydroxylation is 1. The van der Waals surface area contributed by atoms with E-state index < -0.39 is 0 Å². The first kappa shape index (κ1) is 15.8. The topological polar surface area (TPSA) is 35.0 Å². The molecule has 27 heavy (non-hydrogen) atoms. The maximum absolute atomic E-state index is 5.31. The molecule has 1 aromatic heterocycles. The lowest BCUT2D eigenvalue weighted by Crippen LogP contribution is -1.92. The van der Waals surface area contributed by atoms with Gasteiger partial charge in [-0.05, 0) is 53.8 Å². The van der Waals surface area contributed by atoms with Crippen molar-refractivity contribution in [3.8, 4) is 16.9 Å². The minimum absolute atomic E-state index is 0.853. The van der Waals surface area contributed by atoms with Crippen molar-refractivity contribution < 1.29 is 4.74 Å². The summed E-state index contributed by atoms with van der Waals surface area (Å²) in [6.45, 7) is 2.12. The van der Waals surface area contributed by atoms with E-state index in [0.29, 0.717) is 0 Å². The van der Waals surface area contributed by atoms with Crippen LogP contribution in [-0.4, -0.2) is 17.1 Å². The van der Waals surface area contributed by atoms with Gasteiger partial charge in [0.05, 0.1) is 29.2 Å². The van der Waals surface area contributed by atoms with Crippen LogP contribution < -0.4 is 4.74 Å². The third-order valence-electron chi connectivity index (χ3n) is 5.00. The molecule has 4 aromatic carbocycles. The number of rotatable bonds is 2. The molecule has 0 N–H and O–H groups in total. The highest BCUT2D eigenvalue weighted by Gasteiger charge is 2.12. The van der Waals surface area contributed by atoms with Gasteiger partial charge in [0.1, 0.15) is 5.75 Å². The number of methoxy groups -OCH3 is 1. The fraction of sp³-hybridized carbons (Fsp3) is 0.0833. The summed E-state index contributed by atoms with van der Waals surface area (Å²) in [7, 11) is 1.69. The fourth-order valence-corrected chi connectivity index (χ4v) is 3.62. The van der Waals surface area contributed by atoms with E-state index in [2.05, 4.69) is 43.3 Å². The normalized spacial score (nSPS) is 11.3. The van der Waals surface area contributed by atoms with Crippen LogP contribution in [-0.2, 0) is 0 Å². The molecule has 0 radical (unpaired) electrons. The lowest BCUT2D eigenvalue weighted by molar-refractivity contribution is 0.415. The van der Waals surface area contributed by atoms with Gasteiger partial charge in [0.15, 0.2) is 0 Å². The molecule has 0 spiro atoms. The average molecular weight is 350 g/mol. The van der Waals surface area contributed by atoms with Gasteiger partial charge >= 0.3 is 0 Å². The van der Waals surface area contributed by atoms with Gasteiger partial charge in [-0.2, -0.15) is 0 Å². The number of ether oxygens (including phenoxy) is 1. The van der Waals surface area contributed by atoms with Crippen LogP contribution in [0.5, 0.6) is 5.75 Å². The molecular weight excluding hydrogens is 332 g/mol. The second-order valence-electron chi connectivity index (χ2n) is 6.78. The molecule has 0 atom stereocenters. The second-order valence-corrected chi connectivity index (χ2v) is 6.78. The van der Waals surface area contributed by atoms with E-state index >= 15 is 0 Å². The summed E-state index contributed by atoms with van der Waals surface area (Å²) in [4.78, 5) is 9.80. The highest BCUT2D eigenvalue weighted by molar-refractivity contribution is 6.12. The number of para-hydroxylation sites is 2. The van der Waals surface area contributed by atoms with E-state index in [4.69, 9.17) is 14.7 Å². The van der Waals surface area contributed by atoms with Gasteiger partial charge in [-0.1, -0.05) is 48.0 Å². The Kier molecular flexibility index (Phi) is 3.54. The van der Waals surface area contributed by atoms with Gasteiger partial charge in [0.2, 0.25) is 0 Å². The van der Waals surface area contributed by atoms with E-state index in [0.717, 1.165) is 44.3 Å². The van der Waals surface area contributed by atoms with Crippen LogP contribution in [0.4, 0.5) is 0 Å². The Bertz CT molecular complexity index is 1310. The number of nitrogens with zero attached hydrogens (tertiary/aromatic N) is 2. The van der Waals surface area contributed by atoms with Gasteiger partial charge in [0, 0.05) is 5.39 Å². The van der Waals surface area contributed by atoms with Crippen molar-refractivity contribution in [2.75, 3.05) is 7.11 Å². The Hall–Kier alpha value is -3.46. The second kappa shape index (κ2) is 6.06. The van der Waals surface area contributed by atoms with Gasteiger partial charge in [-0.25, -0.2) is 9.97 Å². The summed E-state index contributed by atoms with van der Waals surface area (Å²) < 4.78 is 5.31. The number of hydrogen-bond acceptors (Lipinski definition) is 3. The summed E-state index contributed by atoms with van der Waals surface area (Å²) in [5.74, 6) is 0.853. The van der Waals surface area contributed by atoms with Crippen molar-refractivity contribution in [2.24, 2.45) is 0 Å². The largest absolute Gasteiger partial charge is 0.497 e. The molecule has 130 valence electrons. The number of aromatic nitrogens is 2. The van der Waals surface area contributed by atoms with E-state index in [1.54, 1.807) is 7.11 Å². The van der Waals surface area contributed by atoms with Crippen LogP contribution in [0.2, 0.25) is 0 Å². The predicted molar refractivity (Wildman–Crippen MR) is 111 cm³/mol. The number of benzene rings is 4. The molecule has 0 aliphatic rings. The third kappa shape index (κ3) is 2.59. The molecular formula is C24H18N2O. The number of hydrogen-bond donors (Lipinski definition) is 0. The molecule has 1 heterocycles. The minimum atomic E-state index is 0.853. The van der Waals surface area contributed by atoms with E-state index in [9.17, 15) is 0 Å². The Labute approximate surface area is 157 Å². The monoisotopic (exact) mass is 350 g/mol. The molecule has 5 rings (SSSR count). The molecule has 3 nitrogen and oxygen atoms in total. The summed E-state index contributed by atoms with van der Waals surface area (Å²) >= 11 is 0. The van der Waals surface area contributed by atoms with Crippen molar-refractivity contribution in [2.45, 2.75) is 6.92 Å². The molecule has 5 aromatic rings. The zero-order valence-corrected chi connectivity index (χ0v) is 15.2. The maximum atomic E-state index is 5.31. The van der Waals surface area contributed by atoms with Crippen LogP contribution in [0.25, 0.3) is 44.0 Å². The highest BCUT2D eigenvalue weighted by atomic mass is 16.5. The Morgan fingerprint density at radius 2 is 1.44 bits per heavy atom. The van der Waals surface area contributed by atoms with Crippen LogP contribution >= 0.6 is 0 Å². The van der Waals surface area contributed by atoms with Crippen LogP contribution in [0.15, 0.2) is 72.8 Å². The van der Waals surface area contributed by atoms with Crippen molar-refractivity contribution in [1.82, 2.24) is 9.97 Å². The Morgan fingerprint density at radius 1 is 0.704 bits per heavy atom. The van der Waals surface area contributed by atoms with Crippen LogP contribution in [0.1, 0.15) is 5.56 Å². The van der Waals surface area contributed by atoms with Gasteiger partial charge in [-0.15, -0.1) is 0 Å². The molecule has 0 amide bonds. The first-order valence-corrected chi connectivity index (χ1v) is 8.97. The summed E-state index contributed by atoms with van der Waals surface area (Å²) in [6, 6.07) is 24.9. The van der Waals surface area contributed by atoms with Crippen molar-refractivity contribution in [3.63, 3.8) is 0 Å². The van der Waals surface area contributed by atoms with E-state index in [1.807, 2.05) is 36.4 Å². The molecule has 0 saturated carbocycles. The maximum Gasteiger partial charge on any atom is 0.118 e. The van der Waals surface area contributed by atoms with Crippen LogP contribution in [0, 0.1) is 6.92 Å². The molecule has 0 aliphatic heterocycles. The summed E-state index contributed by atoms with van der Waals surface area (Å²) in [5.41, 5.74) is 7.22. The van der Waals surface area contributed by atoms with E-state index in [1.165, 1.54) is 10.9 Å². The molecule has 0 bridgehead atoms. The summed E-state index contributed by atoms with van der Waals surface area (Å²) in [6.07, 6.45) is 0. The molecule has 0 saturated heterocycles. The van der Waals surface area contributed by atoms with Crippen molar-refractivity contribution >= 4 is 32.8 Å². The Balaban J connectivity index is 1.89. The quantitative estimate of drug-likeness (QED) is 0.293. The predicted octanol–water partition coefficient (Wildman–Crippen LogP) is 5.92. The Morgan fingerprint density at radius 3 is 2.19 bits per heavy atom. The first-order valence-electron chi connectivity index (χ1n) is 8.97. The third-order valence-corrected chi connectivity index (χ3v) is 5.00. The SMILES string of the molecule is COc1ccc(-c2cc3nc4ccccc4nc3c3ccc(C)cc23)cc1. The lowest BCUT2D eigenvalue weighted by atomic mass is 9.95. The van der Waals surface area contributed by atoms with Crippen molar-refractivity contribution in [3.05, 3.63) is 78.4 Å². The van der Waals surface area contributed by atoms with Gasteiger partial charge in [0.25, 0.3) is 0 Å². The van der Waals surface area contributed by atoms with Crippen LogP contribution in [0.3, 0.4) is 0 Å². The minimum Gasteiger partial charge on any atom is -0.497 e. The molecule has 0 aliphatic carbocycles. The first-order chi connectivity index (χ1) is 13.2. The average Bonchev–Trinajstić information content (AvgIpc) is 2.71. The molecule has 0 unspecified atom stereocenters. The van der Waals surface area contributed by atoms with Gasteiger partial charge < -0.3 is 4.74 Å². The lowest BCUT2D eigenvalue weighted by Gasteiger charge is -2.12. The fourth-order valence-electron chi connectivity index (χ4n) is 3.62. The molecule has 0 fully saturated rings. The molecule has 3 heteroatoms. The zero-order chi connectivity index (χ0) is 18.4. The highest BCUT2D eigenvalue weighted by Crippen LogP contribution is 2.35. The smallest absolute Gasteiger partial charge is 0.118 e. The van der Waals surface area contributed by atoms with Gasteiger partial charge in [-0.3, -0.25) is 0 Å².